The molecule has 22 heavy (non-hydrogen) atoms. The van der Waals surface area contributed by atoms with E-state index in [4.69, 9.17) is 11.6 Å². The monoisotopic (exact) mass is 331 g/mol. The Kier molecular flexibility index (Phi) is 4.56. The van der Waals surface area contributed by atoms with Crippen molar-refractivity contribution in [3.05, 3.63) is 47.1 Å². The second kappa shape index (κ2) is 6.23. The van der Waals surface area contributed by atoms with Gasteiger partial charge in [-0.15, -0.1) is 13.2 Å². The Morgan fingerprint density at radius 1 is 1.23 bits per heavy atom. The second-order valence-corrected chi connectivity index (χ2v) is 4.52. The van der Waals surface area contributed by atoms with Crippen LogP contribution < -0.4 is 4.74 Å². The first-order valence-corrected chi connectivity index (χ1v) is 6.28. The average molecular weight is 332 g/mol. The molecule has 0 unspecified atom stereocenters. The molecule has 116 valence electrons. The second-order valence-electron chi connectivity index (χ2n) is 4.13. The first-order valence-electron chi connectivity index (χ1n) is 5.90. The van der Waals surface area contributed by atoms with Gasteiger partial charge in [0.2, 0.25) is 0 Å². The molecule has 0 spiro atoms. The summed E-state index contributed by atoms with van der Waals surface area (Å²) in [5.74, 6) is -1.03. The number of benzene rings is 1. The Balaban J connectivity index is 2.41. The number of alkyl halides is 3. The van der Waals surface area contributed by atoms with Crippen LogP contribution >= 0.6 is 11.6 Å². The molecule has 2 rings (SSSR count). The number of hydrogen-bond donors (Lipinski definition) is 0. The molecule has 0 amide bonds. The number of hydrogen-bond acceptors (Lipinski definition) is 4. The van der Waals surface area contributed by atoms with Crippen LogP contribution in [0.5, 0.6) is 5.75 Å². The lowest BCUT2D eigenvalue weighted by molar-refractivity contribution is -0.274. The summed E-state index contributed by atoms with van der Waals surface area (Å²) >= 11 is 5.82. The SMILES string of the molecule is COC(=O)c1cc(Cl)nc(-c2cccc(OC(F)(F)F)c2)c1. The number of carbonyl (C=O) groups excluding carboxylic acids is 1. The first-order chi connectivity index (χ1) is 10.3. The molecule has 0 saturated heterocycles. The topological polar surface area (TPSA) is 48.4 Å². The van der Waals surface area contributed by atoms with Gasteiger partial charge in [0.15, 0.2) is 0 Å². The summed E-state index contributed by atoms with van der Waals surface area (Å²) in [6.07, 6.45) is -4.79. The summed E-state index contributed by atoms with van der Waals surface area (Å²) in [5, 5.41) is 0.0139. The van der Waals surface area contributed by atoms with E-state index in [9.17, 15) is 18.0 Å². The number of rotatable bonds is 3. The number of pyridine rings is 1. The molecular formula is C14H9ClF3NO3. The van der Waals surface area contributed by atoms with Gasteiger partial charge in [0.25, 0.3) is 0 Å². The molecule has 8 heteroatoms. The largest absolute Gasteiger partial charge is 0.573 e. The fourth-order valence-corrected chi connectivity index (χ4v) is 1.94. The number of methoxy groups -OCH3 is 1. The molecule has 0 saturated carbocycles. The van der Waals surface area contributed by atoms with Gasteiger partial charge >= 0.3 is 12.3 Å². The van der Waals surface area contributed by atoms with Crippen LogP contribution in [0.1, 0.15) is 10.4 Å². The lowest BCUT2D eigenvalue weighted by Gasteiger charge is -2.10. The predicted octanol–water partition coefficient (Wildman–Crippen LogP) is 4.09. The van der Waals surface area contributed by atoms with Crippen LogP contribution in [0.2, 0.25) is 5.15 Å². The first kappa shape index (κ1) is 16.1. The fourth-order valence-electron chi connectivity index (χ4n) is 1.73. The summed E-state index contributed by atoms with van der Waals surface area (Å²) in [4.78, 5) is 15.5. The van der Waals surface area contributed by atoms with Gasteiger partial charge in [-0.2, -0.15) is 0 Å². The van der Waals surface area contributed by atoms with Crippen molar-refractivity contribution in [3.8, 4) is 17.0 Å². The highest BCUT2D eigenvalue weighted by molar-refractivity contribution is 6.29. The number of nitrogens with zero attached hydrogens (tertiary/aromatic N) is 1. The number of carbonyl (C=O) groups is 1. The molecule has 0 aliphatic rings. The van der Waals surface area contributed by atoms with Crippen molar-refractivity contribution in [2.45, 2.75) is 6.36 Å². The van der Waals surface area contributed by atoms with E-state index in [1.54, 1.807) is 0 Å². The van der Waals surface area contributed by atoms with Gasteiger partial charge in [0.05, 0.1) is 18.4 Å². The minimum Gasteiger partial charge on any atom is -0.465 e. The summed E-state index contributed by atoms with van der Waals surface area (Å²) in [5.41, 5.74) is 0.676. The summed E-state index contributed by atoms with van der Waals surface area (Å²) in [6, 6.07) is 7.85. The van der Waals surface area contributed by atoms with Gasteiger partial charge in [0.1, 0.15) is 10.9 Å². The van der Waals surface area contributed by atoms with Gasteiger partial charge in [-0.1, -0.05) is 23.7 Å². The quantitative estimate of drug-likeness (QED) is 0.628. The summed E-state index contributed by atoms with van der Waals surface area (Å²) in [6.45, 7) is 0. The molecular weight excluding hydrogens is 323 g/mol. The fraction of sp³-hybridized carbons (Fsp3) is 0.143. The Hall–Kier alpha value is -2.28. The molecule has 0 aliphatic carbocycles. The van der Waals surface area contributed by atoms with E-state index >= 15 is 0 Å². The zero-order valence-corrected chi connectivity index (χ0v) is 11.9. The molecule has 0 aliphatic heterocycles. The third kappa shape index (κ3) is 4.11. The molecule has 0 N–H and O–H groups in total. The zero-order valence-electron chi connectivity index (χ0n) is 11.1. The Morgan fingerprint density at radius 2 is 1.95 bits per heavy atom. The standard InChI is InChI=1S/C14H9ClF3NO3/c1-21-13(20)9-6-11(19-12(15)7-9)8-3-2-4-10(5-8)22-14(16,17)18/h2-7H,1H3. The van der Waals surface area contributed by atoms with Crippen molar-refractivity contribution in [2.75, 3.05) is 7.11 Å². The normalized spacial score (nSPS) is 11.1. The van der Waals surface area contributed by atoms with E-state index in [0.717, 1.165) is 12.1 Å². The van der Waals surface area contributed by atoms with E-state index < -0.39 is 18.1 Å². The Morgan fingerprint density at radius 3 is 2.59 bits per heavy atom. The molecule has 4 nitrogen and oxygen atoms in total. The zero-order chi connectivity index (χ0) is 16.3. The van der Waals surface area contributed by atoms with Gasteiger partial charge in [-0.3, -0.25) is 0 Å². The molecule has 2 aromatic rings. The molecule has 0 fully saturated rings. The molecule has 0 atom stereocenters. The van der Waals surface area contributed by atoms with Gasteiger partial charge in [0, 0.05) is 5.56 Å². The Labute approximate surface area is 128 Å². The third-order valence-electron chi connectivity index (χ3n) is 2.58. The van der Waals surface area contributed by atoms with Gasteiger partial charge in [-0.25, -0.2) is 9.78 Å². The highest BCUT2D eigenvalue weighted by Gasteiger charge is 2.31. The van der Waals surface area contributed by atoms with E-state index in [1.165, 1.54) is 31.4 Å². The van der Waals surface area contributed by atoms with Crippen molar-refractivity contribution in [1.82, 2.24) is 4.98 Å². The van der Waals surface area contributed by atoms with Crippen LogP contribution in [0.15, 0.2) is 36.4 Å². The van der Waals surface area contributed by atoms with Crippen LogP contribution in [0, 0.1) is 0 Å². The maximum absolute atomic E-state index is 12.2. The average Bonchev–Trinajstić information content (AvgIpc) is 2.44. The van der Waals surface area contributed by atoms with Crippen LogP contribution in [0.25, 0.3) is 11.3 Å². The lowest BCUT2D eigenvalue weighted by atomic mass is 10.1. The maximum Gasteiger partial charge on any atom is 0.573 e. The molecule has 1 heterocycles. The molecule has 0 radical (unpaired) electrons. The van der Waals surface area contributed by atoms with Crippen LogP contribution in [-0.4, -0.2) is 24.4 Å². The van der Waals surface area contributed by atoms with Crippen molar-refractivity contribution in [2.24, 2.45) is 0 Å². The number of halogens is 4. The van der Waals surface area contributed by atoms with Crippen LogP contribution in [0.4, 0.5) is 13.2 Å². The van der Waals surface area contributed by atoms with Crippen molar-refractivity contribution >= 4 is 17.6 Å². The molecule has 1 aromatic carbocycles. The van der Waals surface area contributed by atoms with Crippen LogP contribution in [-0.2, 0) is 4.74 Å². The number of aromatic nitrogens is 1. The minimum atomic E-state index is -4.79. The number of ether oxygens (including phenoxy) is 2. The van der Waals surface area contributed by atoms with E-state index in [1.807, 2.05) is 0 Å². The van der Waals surface area contributed by atoms with Crippen molar-refractivity contribution in [3.63, 3.8) is 0 Å². The summed E-state index contributed by atoms with van der Waals surface area (Å²) in [7, 11) is 1.20. The van der Waals surface area contributed by atoms with E-state index in [0.29, 0.717) is 5.56 Å². The third-order valence-corrected chi connectivity index (χ3v) is 2.77. The van der Waals surface area contributed by atoms with Crippen molar-refractivity contribution < 1.29 is 27.4 Å². The van der Waals surface area contributed by atoms with Crippen molar-refractivity contribution in [1.29, 1.82) is 0 Å². The number of esters is 1. The smallest absolute Gasteiger partial charge is 0.465 e. The van der Waals surface area contributed by atoms with E-state index in [-0.39, 0.29) is 16.4 Å². The Bertz CT molecular complexity index is 704. The highest BCUT2D eigenvalue weighted by atomic mass is 35.5. The maximum atomic E-state index is 12.2. The van der Waals surface area contributed by atoms with Gasteiger partial charge in [-0.05, 0) is 24.3 Å². The predicted molar refractivity (Wildman–Crippen MR) is 72.7 cm³/mol. The van der Waals surface area contributed by atoms with Crippen LogP contribution in [0.3, 0.4) is 0 Å². The van der Waals surface area contributed by atoms with Gasteiger partial charge < -0.3 is 9.47 Å². The highest BCUT2D eigenvalue weighted by Crippen LogP contribution is 2.28. The molecule has 0 bridgehead atoms. The van der Waals surface area contributed by atoms with E-state index in [2.05, 4.69) is 14.5 Å². The lowest BCUT2D eigenvalue weighted by Crippen LogP contribution is -2.17. The minimum absolute atomic E-state index is 0.0139. The summed E-state index contributed by atoms with van der Waals surface area (Å²) < 4.78 is 45.1. The molecule has 1 aromatic heterocycles.